The van der Waals surface area contributed by atoms with Gasteiger partial charge in [0.15, 0.2) is 5.82 Å². The monoisotopic (exact) mass is 341 g/mol. The molecule has 1 fully saturated rings. The van der Waals surface area contributed by atoms with Crippen molar-refractivity contribution in [1.29, 1.82) is 0 Å². The highest BCUT2D eigenvalue weighted by molar-refractivity contribution is 5.96. The SMILES string of the molecule is O=C(Cn1nc2n(c1=O)C(=O)N(c1ccccc1)C2)N1CCCCC1. The van der Waals surface area contributed by atoms with Crippen molar-refractivity contribution in [3.05, 3.63) is 46.6 Å². The highest BCUT2D eigenvalue weighted by Crippen LogP contribution is 2.21. The lowest BCUT2D eigenvalue weighted by Gasteiger charge is -2.26. The number of para-hydroxylation sites is 1. The first kappa shape index (κ1) is 15.6. The number of amides is 2. The zero-order chi connectivity index (χ0) is 17.4. The van der Waals surface area contributed by atoms with E-state index >= 15 is 0 Å². The van der Waals surface area contributed by atoms with E-state index in [1.807, 2.05) is 30.3 Å². The van der Waals surface area contributed by atoms with Gasteiger partial charge in [-0.15, -0.1) is 0 Å². The smallest absolute Gasteiger partial charge is 0.341 e. The molecule has 0 aliphatic carbocycles. The van der Waals surface area contributed by atoms with Gasteiger partial charge < -0.3 is 4.90 Å². The molecule has 2 aliphatic rings. The summed E-state index contributed by atoms with van der Waals surface area (Å²) in [6, 6.07) is 8.72. The van der Waals surface area contributed by atoms with Gasteiger partial charge in [0.05, 0.1) is 6.54 Å². The normalized spacial score (nSPS) is 17.0. The predicted octanol–water partition coefficient (Wildman–Crippen LogP) is 1.05. The summed E-state index contributed by atoms with van der Waals surface area (Å²) in [6.45, 7) is 1.56. The van der Waals surface area contributed by atoms with Crippen LogP contribution in [0.3, 0.4) is 0 Å². The lowest BCUT2D eigenvalue weighted by Crippen LogP contribution is -2.41. The number of carbonyl (C=O) groups is 2. The Kier molecular flexibility index (Phi) is 3.87. The standard InChI is InChI=1S/C17H19N5O3/c23-15(19-9-5-2-6-10-19)12-21-17(25)22-14(18-21)11-20(16(22)24)13-7-3-1-4-8-13/h1,3-4,7-8H,2,5-6,9-12H2. The second-order valence-corrected chi connectivity index (χ2v) is 6.34. The first-order chi connectivity index (χ1) is 12.1. The largest absolute Gasteiger partial charge is 0.354 e. The molecular weight excluding hydrogens is 322 g/mol. The number of anilines is 1. The van der Waals surface area contributed by atoms with E-state index in [-0.39, 0.29) is 19.0 Å². The molecule has 0 atom stereocenters. The number of piperidine rings is 1. The van der Waals surface area contributed by atoms with Gasteiger partial charge in [0.25, 0.3) is 0 Å². The topological polar surface area (TPSA) is 80.4 Å². The van der Waals surface area contributed by atoms with Crippen molar-refractivity contribution in [2.45, 2.75) is 32.4 Å². The number of fused-ring (bicyclic) bond motifs is 1. The molecular formula is C17H19N5O3. The number of hydrogen-bond donors (Lipinski definition) is 0. The maximum Gasteiger partial charge on any atom is 0.354 e. The molecule has 0 spiro atoms. The molecule has 2 amide bonds. The van der Waals surface area contributed by atoms with Crippen LogP contribution in [0.25, 0.3) is 0 Å². The van der Waals surface area contributed by atoms with Gasteiger partial charge in [0.1, 0.15) is 6.54 Å². The van der Waals surface area contributed by atoms with Gasteiger partial charge in [-0.25, -0.2) is 14.3 Å². The van der Waals surface area contributed by atoms with Crippen LogP contribution in [0.15, 0.2) is 35.1 Å². The highest BCUT2D eigenvalue weighted by atomic mass is 16.2. The Morgan fingerprint density at radius 2 is 1.76 bits per heavy atom. The summed E-state index contributed by atoms with van der Waals surface area (Å²) in [4.78, 5) is 40.7. The van der Waals surface area contributed by atoms with Crippen molar-refractivity contribution in [3.8, 4) is 0 Å². The second kappa shape index (κ2) is 6.19. The van der Waals surface area contributed by atoms with Gasteiger partial charge in [0, 0.05) is 18.8 Å². The van der Waals surface area contributed by atoms with Gasteiger partial charge in [-0.2, -0.15) is 9.67 Å². The van der Waals surface area contributed by atoms with Crippen molar-refractivity contribution >= 4 is 17.6 Å². The molecule has 0 bridgehead atoms. The molecule has 8 heteroatoms. The van der Waals surface area contributed by atoms with E-state index in [4.69, 9.17) is 0 Å². The summed E-state index contributed by atoms with van der Waals surface area (Å²) in [7, 11) is 0. The number of nitrogens with zero attached hydrogens (tertiary/aromatic N) is 5. The maximum atomic E-state index is 12.6. The van der Waals surface area contributed by atoms with E-state index in [9.17, 15) is 14.4 Å². The van der Waals surface area contributed by atoms with E-state index in [2.05, 4.69) is 5.10 Å². The van der Waals surface area contributed by atoms with Gasteiger partial charge in [-0.3, -0.25) is 9.69 Å². The van der Waals surface area contributed by atoms with Crippen LogP contribution in [0.5, 0.6) is 0 Å². The molecule has 2 aliphatic heterocycles. The predicted molar refractivity (Wildman–Crippen MR) is 90.3 cm³/mol. The Bertz CT molecular complexity index is 864. The third kappa shape index (κ3) is 2.73. The first-order valence-corrected chi connectivity index (χ1v) is 8.48. The minimum Gasteiger partial charge on any atom is -0.341 e. The number of likely N-dealkylation sites (tertiary alicyclic amines) is 1. The van der Waals surface area contributed by atoms with Crippen molar-refractivity contribution in [1.82, 2.24) is 19.2 Å². The van der Waals surface area contributed by atoms with E-state index in [0.717, 1.165) is 41.6 Å². The third-order valence-electron chi connectivity index (χ3n) is 4.69. The number of rotatable bonds is 3. The quantitative estimate of drug-likeness (QED) is 0.836. The van der Waals surface area contributed by atoms with E-state index in [1.54, 1.807) is 4.90 Å². The molecule has 130 valence electrons. The molecule has 0 N–H and O–H groups in total. The molecule has 1 aromatic heterocycles. The molecule has 8 nitrogen and oxygen atoms in total. The van der Waals surface area contributed by atoms with E-state index in [1.165, 1.54) is 4.90 Å². The van der Waals surface area contributed by atoms with Crippen molar-refractivity contribution in [2.75, 3.05) is 18.0 Å². The first-order valence-electron chi connectivity index (χ1n) is 8.48. The molecule has 25 heavy (non-hydrogen) atoms. The minimum atomic E-state index is -0.552. The van der Waals surface area contributed by atoms with Gasteiger partial charge >= 0.3 is 11.7 Å². The fraction of sp³-hybridized carbons (Fsp3) is 0.412. The zero-order valence-electron chi connectivity index (χ0n) is 13.8. The Hall–Kier alpha value is -2.90. The Morgan fingerprint density at radius 1 is 1.04 bits per heavy atom. The Balaban J connectivity index is 1.54. The van der Waals surface area contributed by atoms with Crippen LogP contribution in [-0.4, -0.2) is 44.3 Å². The van der Waals surface area contributed by atoms with Crippen molar-refractivity contribution in [2.24, 2.45) is 0 Å². The van der Waals surface area contributed by atoms with Crippen LogP contribution >= 0.6 is 0 Å². The molecule has 0 saturated carbocycles. The molecule has 0 radical (unpaired) electrons. The van der Waals surface area contributed by atoms with Crippen molar-refractivity contribution in [3.63, 3.8) is 0 Å². The zero-order valence-corrected chi connectivity index (χ0v) is 13.8. The maximum absolute atomic E-state index is 12.6. The molecule has 1 saturated heterocycles. The number of benzene rings is 1. The fourth-order valence-electron chi connectivity index (χ4n) is 3.36. The lowest BCUT2D eigenvalue weighted by molar-refractivity contribution is -0.133. The summed E-state index contributed by atoms with van der Waals surface area (Å²) in [6.07, 6.45) is 3.11. The fourth-order valence-corrected chi connectivity index (χ4v) is 3.36. The van der Waals surface area contributed by atoms with Gasteiger partial charge in [0.2, 0.25) is 5.91 Å². The summed E-state index contributed by atoms with van der Waals surface area (Å²) in [5.41, 5.74) is 0.164. The van der Waals surface area contributed by atoms with Crippen molar-refractivity contribution < 1.29 is 9.59 Å². The average Bonchev–Trinajstić information content (AvgIpc) is 3.13. The summed E-state index contributed by atoms with van der Waals surface area (Å²) >= 11 is 0. The summed E-state index contributed by atoms with van der Waals surface area (Å²) in [5, 5.41) is 4.21. The van der Waals surface area contributed by atoms with Gasteiger partial charge in [-0.05, 0) is 31.4 Å². The van der Waals surface area contributed by atoms with Crippen LogP contribution < -0.4 is 10.6 Å². The van der Waals surface area contributed by atoms with E-state index in [0.29, 0.717) is 11.5 Å². The van der Waals surface area contributed by atoms with Crippen LogP contribution in [0.2, 0.25) is 0 Å². The second-order valence-electron chi connectivity index (χ2n) is 6.34. The molecule has 3 heterocycles. The number of aromatic nitrogens is 3. The van der Waals surface area contributed by atoms with Crippen LogP contribution in [0, 0.1) is 0 Å². The average molecular weight is 341 g/mol. The number of carbonyl (C=O) groups excluding carboxylic acids is 2. The van der Waals surface area contributed by atoms with Crippen LogP contribution in [-0.2, 0) is 17.9 Å². The number of hydrogen-bond acceptors (Lipinski definition) is 4. The van der Waals surface area contributed by atoms with Gasteiger partial charge in [-0.1, -0.05) is 18.2 Å². The van der Waals surface area contributed by atoms with Crippen LogP contribution in [0.4, 0.5) is 10.5 Å². The summed E-state index contributed by atoms with van der Waals surface area (Å²) < 4.78 is 2.16. The minimum absolute atomic E-state index is 0.114. The molecule has 1 aromatic carbocycles. The Morgan fingerprint density at radius 3 is 2.44 bits per heavy atom. The lowest BCUT2D eigenvalue weighted by atomic mass is 10.1. The molecule has 4 rings (SSSR count). The third-order valence-corrected chi connectivity index (χ3v) is 4.69. The molecule has 2 aromatic rings. The summed E-state index contributed by atoms with van der Waals surface area (Å²) in [5.74, 6) is 0.247. The van der Waals surface area contributed by atoms with Crippen LogP contribution in [0.1, 0.15) is 25.1 Å². The van der Waals surface area contributed by atoms with E-state index < -0.39 is 11.7 Å². The molecule has 0 unspecified atom stereocenters. The Labute approximate surface area is 144 Å². The highest BCUT2D eigenvalue weighted by Gasteiger charge is 2.33.